The molecule has 0 unspecified atom stereocenters. The molecular weight excluding hydrogens is 360 g/mol. The fraction of sp³-hybridized carbons (Fsp3) is 0.278. The van der Waals surface area contributed by atoms with Gasteiger partial charge in [0.1, 0.15) is 5.56 Å². The van der Waals surface area contributed by atoms with Crippen molar-refractivity contribution in [2.24, 2.45) is 0 Å². The van der Waals surface area contributed by atoms with E-state index < -0.39 is 11.6 Å². The first-order valence-electron chi connectivity index (χ1n) is 8.01. The number of carbonyl (C=O) groups is 1. The molecule has 0 bridgehead atoms. The lowest BCUT2D eigenvalue weighted by Gasteiger charge is -2.04. The summed E-state index contributed by atoms with van der Waals surface area (Å²) in [6.45, 7) is 5.54. The van der Waals surface area contributed by atoms with Crippen LogP contribution in [0.5, 0.6) is 0 Å². The molecule has 26 heavy (non-hydrogen) atoms. The lowest BCUT2D eigenvalue weighted by molar-refractivity contribution is 0.102. The SMILES string of the molecule is Cc1noc(C(C)C)c1C(=O)Nc1ncc(Cc2ccc(F)c(F)c2)s1. The highest BCUT2D eigenvalue weighted by Gasteiger charge is 2.23. The van der Waals surface area contributed by atoms with Crippen LogP contribution >= 0.6 is 11.3 Å². The smallest absolute Gasteiger partial charge is 0.262 e. The van der Waals surface area contributed by atoms with Gasteiger partial charge in [-0.3, -0.25) is 10.1 Å². The van der Waals surface area contributed by atoms with Crippen LogP contribution in [0, 0.1) is 18.6 Å². The van der Waals surface area contributed by atoms with E-state index in [4.69, 9.17) is 4.52 Å². The average molecular weight is 377 g/mol. The number of amides is 1. The fourth-order valence-corrected chi connectivity index (χ4v) is 3.36. The van der Waals surface area contributed by atoms with E-state index in [0.29, 0.717) is 34.1 Å². The quantitative estimate of drug-likeness (QED) is 0.701. The van der Waals surface area contributed by atoms with Gasteiger partial charge in [0.05, 0.1) is 5.69 Å². The van der Waals surface area contributed by atoms with Gasteiger partial charge in [-0.05, 0) is 24.6 Å². The second-order valence-electron chi connectivity index (χ2n) is 6.17. The van der Waals surface area contributed by atoms with Crippen LogP contribution in [0.25, 0.3) is 0 Å². The number of hydrogen-bond acceptors (Lipinski definition) is 5. The highest BCUT2D eigenvalue weighted by Crippen LogP contribution is 2.26. The zero-order chi connectivity index (χ0) is 18.8. The minimum Gasteiger partial charge on any atom is -0.360 e. The van der Waals surface area contributed by atoms with Gasteiger partial charge in [-0.1, -0.05) is 25.1 Å². The second kappa shape index (κ2) is 7.33. The van der Waals surface area contributed by atoms with Crippen LogP contribution in [0.15, 0.2) is 28.9 Å². The van der Waals surface area contributed by atoms with E-state index in [1.807, 2.05) is 13.8 Å². The number of benzene rings is 1. The lowest BCUT2D eigenvalue weighted by atomic mass is 10.0. The van der Waals surface area contributed by atoms with Gasteiger partial charge in [0.25, 0.3) is 5.91 Å². The molecule has 2 heterocycles. The molecule has 0 aliphatic rings. The molecule has 0 atom stereocenters. The highest BCUT2D eigenvalue weighted by molar-refractivity contribution is 7.15. The van der Waals surface area contributed by atoms with Crippen LogP contribution in [-0.4, -0.2) is 16.0 Å². The Morgan fingerprint density at radius 2 is 2.08 bits per heavy atom. The highest BCUT2D eigenvalue weighted by atomic mass is 32.1. The van der Waals surface area contributed by atoms with Crippen LogP contribution in [0.2, 0.25) is 0 Å². The summed E-state index contributed by atoms with van der Waals surface area (Å²) in [5.41, 5.74) is 1.56. The van der Waals surface area contributed by atoms with Crippen molar-refractivity contribution in [1.29, 1.82) is 0 Å². The minimum absolute atomic E-state index is 0.0252. The Balaban J connectivity index is 1.73. The Hall–Kier alpha value is -2.61. The summed E-state index contributed by atoms with van der Waals surface area (Å²) in [7, 11) is 0. The molecule has 0 aliphatic carbocycles. The van der Waals surface area contributed by atoms with E-state index in [2.05, 4.69) is 15.5 Å². The molecular formula is C18H17F2N3O2S. The van der Waals surface area contributed by atoms with Crippen molar-refractivity contribution in [3.05, 3.63) is 63.5 Å². The monoisotopic (exact) mass is 377 g/mol. The standard InChI is InChI=1S/C18H17F2N3O2S/c1-9(2)16-15(10(3)23-25-16)17(24)22-18-21-8-12(26-18)6-11-4-5-13(19)14(20)7-11/h4-5,7-9H,6H2,1-3H3,(H,21,22,24). The molecule has 5 nitrogen and oxygen atoms in total. The van der Waals surface area contributed by atoms with Gasteiger partial charge in [-0.2, -0.15) is 0 Å². The van der Waals surface area contributed by atoms with Gasteiger partial charge in [0.2, 0.25) is 0 Å². The van der Waals surface area contributed by atoms with Crippen LogP contribution in [-0.2, 0) is 6.42 Å². The van der Waals surface area contributed by atoms with E-state index in [0.717, 1.165) is 17.0 Å². The first-order valence-corrected chi connectivity index (χ1v) is 8.83. The third-order valence-corrected chi connectivity index (χ3v) is 4.69. The van der Waals surface area contributed by atoms with Crippen LogP contribution in [0.3, 0.4) is 0 Å². The summed E-state index contributed by atoms with van der Waals surface area (Å²) in [4.78, 5) is 17.5. The number of aromatic nitrogens is 2. The third kappa shape index (κ3) is 3.80. The van der Waals surface area contributed by atoms with Crippen LogP contribution in [0.1, 0.15) is 52.0 Å². The molecule has 0 radical (unpaired) electrons. The zero-order valence-electron chi connectivity index (χ0n) is 14.5. The number of thiazole rings is 1. The first-order chi connectivity index (χ1) is 12.3. The van der Waals surface area contributed by atoms with Crippen molar-refractivity contribution in [3.8, 4) is 0 Å². The van der Waals surface area contributed by atoms with Crippen LogP contribution < -0.4 is 5.32 Å². The predicted octanol–water partition coefficient (Wildman–Crippen LogP) is 4.68. The molecule has 3 aromatic rings. The van der Waals surface area contributed by atoms with Crippen molar-refractivity contribution >= 4 is 22.4 Å². The summed E-state index contributed by atoms with van der Waals surface area (Å²) < 4.78 is 31.5. The predicted molar refractivity (Wildman–Crippen MR) is 94.6 cm³/mol. The molecule has 1 N–H and O–H groups in total. The van der Waals surface area contributed by atoms with Gasteiger partial charge in [0.15, 0.2) is 22.5 Å². The van der Waals surface area contributed by atoms with Crippen molar-refractivity contribution < 1.29 is 18.1 Å². The number of rotatable bonds is 5. The van der Waals surface area contributed by atoms with E-state index in [9.17, 15) is 13.6 Å². The van der Waals surface area contributed by atoms with Crippen LogP contribution in [0.4, 0.5) is 13.9 Å². The van der Waals surface area contributed by atoms with Crippen molar-refractivity contribution in [2.45, 2.75) is 33.1 Å². The summed E-state index contributed by atoms with van der Waals surface area (Å²) in [6.07, 6.45) is 2.00. The van der Waals surface area contributed by atoms with E-state index >= 15 is 0 Å². The maximum atomic E-state index is 13.3. The molecule has 1 amide bonds. The molecule has 3 rings (SSSR count). The summed E-state index contributed by atoms with van der Waals surface area (Å²) in [5, 5.41) is 7.02. The summed E-state index contributed by atoms with van der Waals surface area (Å²) in [5.74, 6) is -1.54. The number of nitrogens with zero attached hydrogens (tertiary/aromatic N) is 2. The minimum atomic E-state index is -0.885. The molecule has 8 heteroatoms. The average Bonchev–Trinajstić information content (AvgIpc) is 3.17. The molecule has 1 aromatic carbocycles. The van der Waals surface area contributed by atoms with Crippen molar-refractivity contribution in [2.75, 3.05) is 5.32 Å². The van der Waals surface area contributed by atoms with Gasteiger partial charge >= 0.3 is 0 Å². The molecule has 0 saturated carbocycles. The fourth-order valence-electron chi connectivity index (χ4n) is 2.51. The number of aryl methyl sites for hydroxylation is 1. The number of anilines is 1. The Labute approximate surface area is 153 Å². The molecule has 136 valence electrons. The largest absolute Gasteiger partial charge is 0.360 e. The van der Waals surface area contributed by atoms with Gasteiger partial charge < -0.3 is 4.52 Å². The normalized spacial score (nSPS) is 11.2. The molecule has 0 saturated heterocycles. The van der Waals surface area contributed by atoms with E-state index in [-0.39, 0.29) is 11.8 Å². The summed E-state index contributed by atoms with van der Waals surface area (Å²) in [6, 6.07) is 3.77. The van der Waals surface area contributed by atoms with Gasteiger partial charge in [-0.15, -0.1) is 11.3 Å². The Morgan fingerprint density at radius 3 is 2.77 bits per heavy atom. The zero-order valence-corrected chi connectivity index (χ0v) is 15.3. The Morgan fingerprint density at radius 1 is 1.31 bits per heavy atom. The topological polar surface area (TPSA) is 68.0 Å². The number of carbonyl (C=O) groups excluding carboxylic acids is 1. The lowest BCUT2D eigenvalue weighted by Crippen LogP contribution is -2.14. The third-order valence-electron chi connectivity index (χ3n) is 3.78. The molecule has 0 fully saturated rings. The number of nitrogens with one attached hydrogen (secondary N) is 1. The maximum absolute atomic E-state index is 13.3. The number of hydrogen-bond donors (Lipinski definition) is 1. The van der Waals surface area contributed by atoms with Crippen molar-refractivity contribution in [3.63, 3.8) is 0 Å². The van der Waals surface area contributed by atoms with E-state index in [1.165, 1.54) is 17.4 Å². The Kier molecular flexibility index (Phi) is 5.13. The summed E-state index contributed by atoms with van der Waals surface area (Å²) >= 11 is 1.27. The van der Waals surface area contributed by atoms with Gasteiger partial charge in [-0.25, -0.2) is 13.8 Å². The Bertz CT molecular complexity index is 950. The van der Waals surface area contributed by atoms with Gasteiger partial charge in [0, 0.05) is 23.4 Å². The second-order valence-corrected chi connectivity index (χ2v) is 7.29. The molecule has 0 spiro atoms. The first kappa shape index (κ1) is 18.2. The van der Waals surface area contributed by atoms with E-state index in [1.54, 1.807) is 13.1 Å². The molecule has 0 aliphatic heterocycles. The molecule has 2 aromatic heterocycles. The number of halogens is 2. The maximum Gasteiger partial charge on any atom is 0.262 e. The van der Waals surface area contributed by atoms with Crippen molar-refractivity contribution in [1.82, 2.24) is 10.1 Å².